The van der Waals surface area contributed by atoms with Gasteiger partial charge in [-0.2, -0.15) is 0 Å². The Balaban J connectivity index is 1.39. The second kappa shape index (κ2) is 26.7. The molecule has 5 saturated heterocycles. The number of carbonyl (C=O) groups is 5. The number of rotatable bonds is 24. The molecule has 0 spiro atoms. The summed E-state index contributed by atoms with van der Waals surface area (Å²) in [5.74, 6) is -6.17. The van der Waals surface area contributed by atoms with E-state index in [1.807, 2.05) is 0 Å². The number of amides is 4. The van der Waals surface area contributed by atoms with E-state index < -0.39 is 172 Å². The van der Waals surface area contributed by atoms with Crippen molar-refractivity contribution in [3.63, 3.8) is 0 Å². The van der Waals surface area contributed by atoms with Crippen LogP contribution in [0.25, 0.3) is 0 Å². The predicted octanol–water partition coefficient (Wildman–Crippen LogP) is -7.14. The normalized spacial score (nSPS) is 40.3. The van der Waals surface area contributed by atoms with Crippen molar-refractivity contribution < 1.29 is 117 Å². The molecule has 5 aliphatic heterocycles. The molecule has 14 N–H and O–H groups in total. The summed E-state index contributed by atoms with van der Waals surface area (Å²) < 4.78 is 66.0. The van der Waals surface area contributed by atoms with E-state index in [0.29, 0.717) is 19.4 Å². The first-order chi connectivity index (χ1) is 33.7. The van der Waals surface area contributed by atoms with Crippen LogP contribution in [0.1, 0.15) is 53.9 Å². The van der Waals surface area contributed by atoms with Gasteiger partial charge in [-0.3, -0.25) is 19.2 Å². The number of fused-ring (bicyclic) bond motifs is 1. The summed E-state index contributed by atoms with van der Waals surface area (Å²) in [6, 6.07) is -4.63. The number of unbranched alkanes of at least 4 members (excludes halogenated alkanes) is 1. The van der Waals surface area contributed by atoms with Gasteiger partial charge in [-0.1, -0.05) is 0 Å². The molecule has 71 heavy (non-hydrogen) atoms. The molecule has 0 saturated carbocycles. The Morgan fingerprint density at radius 2 is 1.11 bits per heavy atom. The van der Waals surface area contributed by atoms with Gasteiger partial charge in [0.25, 0.3) is 5.79 Å². The lowest BCUT2D eigenvalue weighted by atomic mass is 9.93. The summed E-state index contributed by atoms with van der Waals surface area (Å²) in [6.07, 6.45) is -25.1. The molecule has 5 rings (SSSR count). The van der Waals surface area contributed by atoms with Crippen LogP contribution in [0.15, 0.2) is 0 Å². The largest absolute Gasteiger partial charge is 0.477 e. The van der Waals surface area contributed by atoms with Crippen LogP contribution in [0.5, 0.6) is 0 Å². The van der Waals surface area contributed by atoms with E-state index in [0.717, 1.165) is 34.1 Å². The summed E-state index contributed by atoms with van der Waals surface area (Å²) in [6.45, 7) is 4.01. The standard InChI is InChI=1S/C42H71N5O24/c1-17-28(55)33(68-37-25(45-18(2)51)31(58)29(56)21(14-48)64-37)26(46-19(3)52)38(63-17)69-34-27(47-20(4)53)39(65-22(15-49)30(34)57)67-32-23(16-50)66-40(36-35(32)70-42(5,71-36)41(59)60)62-13-12-61-11-10-44-24(54)8-6-7-9-43/h17,21-23,25-40,48-50,55-58H,6-16,43H2,1-5H3,(H,44,54)(H,45,51)(H,46,52)(H,47,53)(H,59,60)/t17?,21?,22?,23?,25?,26?,27?,28?,29?,30?,31?,32?,33?,34?,35?,36?,37?,38?,39?,40?,42-/m0/s1. The fourth-order valence-electron chi connectivity index (χ4n) is 8.80. The van der Waals surface area contributed by atoms with Crippen LogP contribution in [0.4, 0.5) is 0 Å². The van der Waals surface area contributed by atoms with Gasteiger partial charge in [0.05, 0.1) is 45.7 Å². The third-order valence-electron chi connectivity index (χ3n) is 12.3. The highest BCUT2D eigenvalue weighted by atomic mass is 16.8. The quantitative estimate of drug-likeness (QED) is 0.0400. The maximum atomic E-state index is 12.9. The van der Waals surface area contributed by atoms with E-state index >= 15 is 0 Å². The fourth-order valence-corrected chi connectivity index (χ4v) is 8.80. The van der Waals surface area contributed by atoms with Gasteiger partial charge >= 0.3 is 5.97 Å². The van der Waals surface area contributed by atoms with Gasteiger partial charge in [0, 0.05) is 40.7 Å². The number of ether oxygens (including phenoxy) is 11. The number of nitrogens with two attached hydrogens (primary N) is 1. The number of aliphatic hydroxyl groups is 7. The molecule has 0 aromatic carbocycles. The fraction of sp³-hybridized carbons (Fsp3) is 0.881. The SMILES string of the molecule is CC(=O)NC1C(OC2C(O)C(C)OC(OC3C(O)C(CO)OC(OC4C(CO)OC(OCCOCCNC(=O)CCCCN)C5O[C@@](C)(C(=O)O)OC45)C3NC(C)=O)C2NC(C)=O)OC(CO)C(O)C1O. The highest BCUT2D eigenvalue weighted by Gasteiger charge is 2.62. The van der Waals surface area contributed by atoms with Gasteiger partial charge in [-0.05, 0) is 26.3 Å². The lowest BCUT2D eigenvalue weighted by Crippen LogP contribution is -2.71. The number of carboxylic acid groups (broad SMARTS) is 1. The lowest BCUT2D eigenvalue weighted by Gasteiger charge is -2.51. The van der Waals surface area contributed by atoms with Crippen LogP contribution in [-0.4, -0.2) is 252 Å². The molecule has 21 atom stereocenters. The van der Waals surface area contributed by atoms with Crippen molar-refractivity contribution in [1.82, 2.24) is 21.3 Å². The minimum Gasteiger partial charge on any atom is -0.477 e. The van der Waals surface area contributed by atoms with Gasteiger partial charge < -0.3 is 120 Å². The monoisotopic (exact) mass is 1030 g/mol. The number of aliphatic hydroxyl groups excluding tert-OH is 7. The zero-order valence-electron chi connectivity index (χ0n) is 40.0. The number of hydrogen-bond acceptors (Lipinski definition) is 24. The van der Waals surface area contributed by atoms with E-state index in [9.17, 15) is 64.8 Å². The first kappa shape index (κ1) is 58.5. The van der Waals surface area contributed by atoms with Gasteiger partial charge in [0.2, 0.25) is 23.6 Å². The second-order valence-electron chi connectivity index (χ2n) is 17.8. The second-order valence-corrected chi connectivity index (χ2v) is 17.8. The lowest BCUT2D eigenvalue weighted by molar-refractivity contribution is -0.358. The van der Waals surface area contributed by atoms with Crippen molar-refractivity contribution in [2.24, 2.45) is 5.73 Å². The van der Waals surface area contributed by atoms with Gasteiger partial charge in [-0.15, -0.1) is 0 Å². The van der Waals surface area contributed by atoms with Crippen molar-refractivity contribution in [1.29, 1.82) is 0 Å². The number of carbonyl (C=O) groups excluding carboxylic acids is 4. The Kier molecular flexibility index (Phi) is 22.0. The average Bonchev–Trinajstić information content (AvgIpc) is 3.69. The maximum absolute atomic E-state index is 12.9. The van der Waals surface area contributed by atoms with Crippen LogP contribution in [0.2, 0.25) is 0 Å². The zero-order valence-corrected chi connectivity index (χ0v) is 40.0. The molecule has 0 aromatic heterocycles. The molecule has 0 aliphatic carbocycles. The van der Waals surface area contributed by atoms with Gasteiger partial charge in [0.1, 0.15) is 91.4 Å². The number of hydrogen-bond donors (Lipinski definition) is 13. The summed E-state index contributed by atoms with van der Waals surface area (Å²) in [4.78, 5) is 62.4. The minimum atomic E-state index is -2.32. The van der Waals surface area contributed by atoms with Crippen molar-refractivity contribution in [3.8, 4) is 0 Å². The van der Waals surface area contributed by atoms with E-state index in [4.69, 9.17) is 57.8 Å². The third kappa shape index (κ3) is 14.7. The topological polar surface area (TPSA) is 423 Å². The van der Waals surface area contributed by atoms with Crippen LogP contribution in [0, 0.1) is 0 Å². The summed E-state index contributed by atoms with van der Waals surface area (Å²) in [7, 11) is 0. The van der Waals surface area contributed by atoms with Crippen molar-refractivity contribution in [2.75, 3.05) is 52.7 Å². The molecular weight excluding hydrogens is 958 g/mol. The van der Waals surface area contributed by atoms with E-state index in [1.54, 1.807) is 0 Å². The molecule has 408 valence electrons. The summed E-state index contributed by atoms with van der Waals surface area (Å²) >= 11 is 0. The molecule has 0 aromatic rings. The molecule has 20 unspecified atom stereocenters. The maximum Gasteiger partial charge on any atom is 0.364 e. The average molecular weight is 1030 g/mol. The van der Waals surface area contributed by atoms with Crippen molar-refractivity contribution in [3.05, 3.63) is 0 Å². The molecule has 0 radical (unpaired) electrons. The highest BCUT2D eigenvalue weighted by molar-refractivity contribution is 5.76. The van der Waals surface area contributed by atoms with E-state index in [1.165, 1.54) is 6.92 Å². The third-order valence-corrected chi connectivity index (χ3v) is 12.3. The Hall–Kier alpha value is -3.41. The molecular formula is C42H71N5O24. The molecule has 5 aliphatic rings. The van der Waals surface area contributed by atoms with Crippen molar-refractivity contribution in [2.45, 2.75) is 182 Å². The van der Waals surface area contributed by atoms with Crippen LogP contribution in [0.3, 0.4) is 0 Å². The van der Waals surface area contributed by atoms with Crippen LogP contribution in [-0.2, 0) is 76.1 Å². The smallest absolute Gasteiger partial charge is 0.364 e. The molecule has 29 heteroatoms. The first-order valence-corrected chi connectivity index (χ1v) is 23.4. The van der Waals surface area contributed by atoms with Crippen LogP contribution < -0.4 is 27.0 Å². The molecule has 4 amide bonds. The highest BCUT2D eigenvalue weighted by Crippen LogP contribution is 2.41. The summed E-state index contributed by atoms with van der Waals surface area (Å²) in [5.41, 5.74) is 5.47. The molecule has 5 fully saturated rings. The molecule has 0 bridgehead atoms. The van der Waals surface area contributed by atoms with Gasteiger partial charge in [0.15, 0.2) is 25.2 Å². The van der Waals surface area contributed by atoms with Crippen LogP contribution >= 0.6 is 0 Å². The molecule has 5 heterocycles. The number of nitrogens with one attached hydrogen (secondary N) is 4. The Morgan fingerprint density at radius 1 is 0.606 bits per heavy atom. The van der Waals surface area contributed by atoms with Crippen molar-refractivity contribution >= 4 is 29.6 Å². The minimum absolute atomic E-state index is 0.0108. The Morgan fingerprint density at radius 3 is 1.68 bits per heavy atom. The Bertz CT molecular complexity index is 1760. The number of carboxylic acids is 1. The van der Waals surface area contributed by atoms with E-state index in [2.05, 4.69) is 21.3 Å². The number of aliphatic carboxylic acids is 1. The Labute approximate surface area is 408 Å². The molecule has 29 nitrogen and oxygen atoms in total. The first-order valence-electron chi connectivity index (χ1n) is 23.4. The van der Waals surface area contributed by atoms with Gasteiger partial charge in [-0.25, -0.2) is 4.79 Å². The zero-order chi connectivity index (χ0) is 52.3. The van der Waals surface area contributed by atoms with E-state index in [-0.39, 0.29) is 32.3 Å². The summed E-state index contributed by atoms with van der Waals surface area (Å²) in [5, 5.41) is 96.3. The predicted molar refractivity (Wildman–Crippen MR) is 232 cm³/mol.